The molecule has 7 heteroatoms. The van der Waals surface area contributed by atoms with Crippen molar-refractivity contribution < 1.29 is 18.4 Å². The molecule has 130 valence electrons. The van der Waals surface area contributed by atoms with Crippen molar-refractivity contribution in [1.29, 1.82) is 0 Å². The van der Waals surface area contributed by atoms with Crippen LogP contribution >= 0.6 is 0 Å². The molecule has 0 fully saturated rings. The summed E-state index contributed by atoms with van der Waals surface area (Å²) in [4.78, 5) is 29.8. The van der Waals surface area contributed by atoms with Gasteiger partial charge in [0.15, 0.2) is 0 Å². The second kappa shape index (κ2) is 6.18. The Hall–Kier alpha value is -3.35. The van der Waals surface area contributed by atoms with Gasteiger partial charge in [0.2, 0.25) is 0 Å². The number of alkyl halides is 2. The molecule has 2 amide bonds. The summed E-state index contributed by atoms with van der Waals surface area (Å²) in [5, 5.41) is 3.02. The molecule has 0 aliphatic carbocycles. The fourth-order valence-corrected chi connectivity index (χ4v) is 3.01. The van der Waals surface area contributed by atoms with Crippen LogP contribution in [-0.2, 0) is 11.3 Å². The number of benzene rings is 2. The lowest BCUT2D eigenvalue weighted by Gasteiger charge is -2.16. The molecule has 0 unspecified atom stereocenters. The Morgan fingerprint density at radius 1 is 1.15 bits per heavy atom. The second-order valence-corrected chi connectivity index (χ2v) is 5.93. The first-order valence-corrected chi connectivity index (χ1v) is 7.91. The molecule has 26 heavy (non-hydrogen) atoms. The van der Waals surface area contributed by atoms with Gasteiger partial charge in [-0.2, -0.15) is 8.78 Å². The predicted octanol–water partition coefficient (Wildman–Crippen LogP) is 3.60. The lowest BCUT2D eigenvalue weighted by atomic mass is 10.1. The molecule has 0 bridgehead atoms. The topological polar surface area (TPSA) is 62.3 Å². The number of amides is 2. The van der Waals surface area contributed by atoms with E-state index in [0.29, 0.717) is 12.1 Å². The van der Waals surface area contributed by atoms with Crippen molar-refractivity contribution in [3.05, 3.63) is 65.9 Å². The van der Waals surface area contributed by atoms with E-state index in [1.54, 1.807) is 17.2 Å². The molecular weight excluding hydrogens is 340 g/mol. The maximum Gasteiger partial charge on any atom is 0.315 e. The molecule has 0 atom stereocenters. The maximum absolute atomic E-state index is 12.8. The van der Waals surface area contributed by atoms with Gasteiger partial charge in [-0.15, -0.1) is 0 Å². The third-order valence-corrected chi connectivity index (χ3v) is 4.28. The molecule has 1 aliphatic rings. The number of pyridine rings is 1. The van der Waals surface area contributed by atoms with Gasteiger partial charge in [0.1, 0.15) is 0 Å². The van der Waals surface area contributed by atoms with Crippen LogP contribution < -0.4 is 10.2 Å². The Bertz CT molecular complexity index is 1040. The van der Waals surface area contributed by atoms with E-state index in [4.69, 9.17) is 0 Å². The first kappa shape index (κ1) is 16.1. The molecule has 3 aromatic rings. The number of anilines is 2. The van der Waals surface area contributed by atoms with E-state index in [-0.39, 0.29) is 11.6 Å². The van der Waals surface area contributed by atoms with Crippen molar-refractivity contribution in [3.8, 4) is 0 Å². The molecule has 2 aromatic carbocycles. The van der Waals surface area contributed by atoms with Gasteiger partial charge >= 0.3 is 6.43 Å². The van der Waals surface area contributed by atoms with Gasteiger partial charge < -0.3 is 10.2 Å². The average Bonchev–Trinajstić information content (AvgIpc) is 2.97. The van der Waals surface area contributed by atoms with Crippen LogP contribution in [0, 0.1) is 0 Å². The van der Waals surface area contributed by atoms with E-state index in [1.165, 1.54) is 12.1 Å². The summed E-state index contributed by atoms with van der Waals surface area (Å²) in [5.41, 5.74) is 2.90. The van der Waals surface area contributed by atoms with E-state index in [1.807, 2.05) is 30.3 Å². The van der Waals surface area contributed by atoms with Crippen LogP contribution in [0.15, 0.2) is 54.7 Å². The Labute approximate surface area is 147 Å². The van der Waals surface area contributed by atoms with Crippen molar-refractivity contribution in [3.63, 3.8) is 0 Å². The molecule has 1 aliphatic heterocycles. The van der Waals surface area contributed by atoms with Gasteiger partial charge in [0, 0.05) is 28.5 Å². The van der Waals surface area contributed by atoms with Crippen molar-refractivity contribution in [2.75, 3.05) is 10.2 Å². The molecule has 0 spiro atoms. The van der Waals surface area contributed by atoms with Crippen LogP contribution in [0.5, 0.6) is 0 Å². The zero-order valence-electron chi connectivity index (χ0n) is 13.4. The average molecular weight is 353 g/mol. The number of hydrogen-bond donors (Lipinski definition) is 1. The molecule has 1 aromatic heterocycles. The number of halogens is 2. The molecule has 0 saturated carbocycles. The Morgan fingerprint density at radius 2 is 2.00 bits per heavy atom. The van der Waals surface area contributed by atoms with Crippen LogP contribution in [0.25, 0.3) is 10.9 Å². The normalized spacial score (nSPS) is 13.3. The number of carbonyl (C=O) groups excluding carboxylic acids is 2. The van der Waals surface area contributed by atoms with E-state index in [9.17, 15) is 18.4 Å². The van der Waals surface area contributed by atoms with Gasteiger partial charge in [-0.05, 0) is 42.0 Å². The Balaban J connectivity index is 1.64. The van der Waals surface area contributed by atoms with Crippen molar-refractivity contribution in [2.45, 2.75) is 13.0 Å². The minimum Gasteiger partial charge on any atom is -0.321 e. The highest BCUT2D eigenvalue weighted by Gasteiger charge is 2.29. The van der Waals surface area contributed by atoms with Crippen molar-refractivity contribution >= 4 is 34.1 Å². The number of carbonyl (C=O) groups is 2. The zero-order valence-corrected chi connectivity index (χ0v) is 13.4. The first-order valence-electron chi connectivity index (χ1n) is 7.91. The minimum atomic E-state index is -3.11. The molecule has 0 radical (unpaired) electrons. The number of hydrogen-bond acceptors (Lipinski definition) is 3. The third-order valence-electron chi connectivity index (χ3n) is 4.28. The van der Waals surface area contributed by atoms with E-state index in [2.05, 4.69) is 10.3 Å². The standard InChI is InChI=1S/C19H13F2N3O2/c20-17(21)18(25)23-13-4-3-12-10-24(19(26)15(12)9-13)14-5-6-16-11(8-14)2-1-7-22-16/h1-9,17H,10H2,(H,23,25). The summed E-state index contributed by atoms with van der Waals surface area (Å²) in [7, 11) is 0. The molecule has 4 rings (SSSR count). The van der Waals surface area contributed by atoms with Crippen molar-refractivity contribution in [1.82, 2.24) is 4.98 Å². The summed E-state index contributed by atoms with van der Waals surface area (Å²) in [6.07, 6.45) is -1.41. The van der Waals surface area contributed by atoms with Crippen LogP contribution in [0.2, 0.25) is 0 Å². The summed E-state index contributed by atoms with van der Waals surface area (Å²) < 4.78 is 24.8. The maximum atomic E-state index is 12.8. The van der Waals surface area contributed by atoms with Gasteiger partial charge in [-0.25, -0.2) is 0 Å². The SMILES string of the molecule is O=C(Nc1ccc2c(c1)C(=O)N(c1ccc3ncccc3c1)C2)C(F)F. The Morgan fingerprint density at radius 3 is 2.81 bits per heavy atom. The molecular formula is C19H13F2N3O2. The molecule has 2 heterocycles. The second-order valence-electron chi connectivity index (χ2n) is 5.93. The van der Waals surface area contributed by atoms with Gasteiger partial charge in [0.05, 0.1) is 12.1 Å². The summed E-state index contributed by atoms with van der Waals surface area (Å²) in [5.74, 6) is -1.63. The summed E-state index contributed by atoms with van der Waals surface area (Å²) >= 11 is 0. The van der Waals surface area contributed by atoms with E-state index < -0.39 is 12.3 Å². The first-order chi connectivity index (χ1) is 12.5. The van der Waals surface area contributed by atoms with Crippen molar-refractivity contribution in [2.24, 2.45) is 0 Å². The number of nitrogens with one attached hydrogen (secondary N) is 1. The number of nitrogens with zero attached hydrogens (tertiary/aromatic N) is 2. The summed E-state index contributed by atoms with van der Waals surface area (Å²) in [6, 6.07) is 13.9. The number of rotatable bonds is 3. The molecule has 1 N–H and O–H groups in total. The number of fused-ring (bicyclic) bond motifs is 2. The fraction of sp³-hybridized carbons (Fsp3) is 0.105. The number of aromatic nitrogens is 1. The highest BCUT2D eigenvalue weighted by Crippen LogP contribution is 2.31. The highest BCUT2D eigenvalue weighted by molar-refractivity contribution is 6.11. The van der Waals surface area contributed by atoms with Crippen LogP contribution in [0.3, 0.4) is 0 Å². The lowest BCUT2D eigenvalue weighted by Crippen LogP contribution is -2.23. The van der Waals surface area contributed by atoms with Gasteiger partial charge in [-0.1, -0.05) is 12.1 Å². The van der Waals surface area contributed by atoms with Gasteiger partial charge in [0.25, 0.3) is 11.8 Å². The predicted molar refractivity (Wildman–Crippen MR) is 93.3 cm³/mol. The fourth-order valence-electron chi connectivity index (χ4n) is 3.01. The van der Waals surface area contributed by atoms with Crippen LogP contribution in [-0.4, -0.2) is 23.2 Å². The van der Waals surface area contributed by atoms with Crippen LogP contribution in [0.4, 0.5) is 20.2 Å². The summed E-state index contributed by atoms with van der Waals surface area (Å²) in [6.45, 7) is 0.378. The zero-order chi connectivity index (χ0) is 18.3. The van der Waals surface area contributed by atoms with E-state index >= 15 is 0 Å². The quantitative estimate of drug-likeness (QED) is 0.783. The lowest BCUT2D eigenvalue weighted by molar-refractivity contribution is -0.126. The Kier molecular flexibility index (Phi) is 3.84. The van der Waals surface area contributed by atoms with E-state index in [0.717, 1.165) is 22.2 Å². The minimum absolute atomic E-state index is 0.173. The van der Waals surface area contributed by atoms with Crippen LogP contribution in [0.1, 0.15) is 15.9 Å². The monoisotopic (exact) mass is 353 g/mol. The largest absolute Gasteiger partial charge is 0.321 e. The molecule has 5 nitrogen and oxygen atoms in total. The smallest absolute Gasteiger partial charge is 0.315 e. The third kappa shape index (κ3) is 2.77. The van der Waals surface area contributed by atoms with Gasteiger partial charge in [-0.3, -0.25) is 14.6 Å². The highest BCUT2D eigenvalue weighted by atomic mass is 19.3. The molecule has 0 saturated heterocycles.